The number of hydrogen-bond acceptors (Lipinski definition) is 7. The van der Waals surface area contributed by atoms with Gasteiger partial charge in [-0.3, -0.25) is 9.05 Å². The Morgan fingerprint density at radius 1 is 1.00 bits per heavy atom. The summed E-state index contributed by atoms with van der Waals surface area (Å²) in [6.07, 6.45) is -6.69. The molecule has 0 amide bonds. The van der Waals surface area contributed by atoms with Gasteiger partial charge in [0.05, 0.1) is 6.61 Å². The fourth-order valence-corrected chi connectivity index (χ4v) is 2.03. The van der Waals surface area contributed by atoms with Gasteiger partial charge in [-0.25, -0.2) is 9.13 Å². The Kier molecular flexibility index (Phi) is 5.04. The van der Waals surface area contributed by atoms with Crippen molar-refractivity contribution in [1.82, 2.24) is 0 Å². The minimum Gasteiger partial charge on any atom is -0.387 e. The lowest BCUT2D eigenvalue weighted by atomic mass is 10.1. The van der Waals surface area contributed by atoms with Gasteiger partial charge < -0.3 is 34.5 Å². The second kappa shape index (κ2) is 5.61. The van der Waals surface area contributed by atoms with E-state index in [-0.39, 0.29) is 0 Å². The van der Waals surface area contributed by atoms with Crippen LogP contribution < -0.4 is 0 Å². The van der Waals surface area contributed by atoms with Crippen molar-refractivity contribution in [3.8, 4) is 0 Å². The number of phosphoric ester groups is 2. The summed E-state index contributed by atoms with van der Waals surface area (Å²) in [5.41, 5.74) is 0. The predicted molar refractivity (Wildman–Crippen MR) is 51.8 cm³/mol. The van der Waals surface area contributed by atoms with Crippen molar-refractivity contribution in [3.63, 3.8) is 0 Å². The summed E-state index contributed by atoms with van der Waals surface area (Å²) in [4.78, 5) is 33.8. The molecule has 0 spiro atoms. The van der Waals surface area contributed by atoms with E-state index in [1.165, 1.54) is 0 Å². The van der Waals surface area contributed by atoms with Crippen LogP contribution in [0.3, 0.4) is 0 Å². The van der Waals surface area contributed by atoms with Crippen molar-refractivity contribution in [2.45, 2.75) is 24.6 Å². The Balaban J connectivity index is 2.59. The van der Waals surface area contributed by atoms with Crippen molar-refractivity contribution in [2.75, 3.05) is 6.61 Å². The van der Waals surface area contributed by atoms with Crippen LogP contribution in [0, 0.1) is 0 Å². The predicted octanol–water partition coefficient (Wildman–Crippen LogP) is -2.35. The molecule has 4 atom stereocenters. The quantitative estimate of drug-likeness (QED) is 0.299. The normalized spacial score (nSPS) is 33.9. The van der Waals surface area contributed by atoms with Crippen molar-refractivity contribution in [2.24, 2.45) is 0 Å². The van der Waals surface area contributed by atoms with E-state index in [9.17, 15) is 19.3 Å². The molecule has 1 unspecified atom stereocenters. The van der Waals surface area contributed by atoms with Crippen LogP contribution in [0.2, 0.25) is 0 Å². The Labute approximate surface area is 100 Å². The van der Waals surface area contributed by atoms with Crippen molar-refractivity contribution in [3.05, 3.63) is 0 Å². The Morgan fingerprint density at radius 2 is 1.56 bits per heavy atom. The van der Waals surface area contributed by atoms with Crippen molar-refractivity contribution in [1.29, 1.82) is 0 Å². The molecule has 1 fully saturated rings. The summed E-state index contributed by atoms with van der Waals surface area (Å²) in [7, 11) is -9.74. The molecule has 0 aliphatic carbocycles. The minimum absolute atomic E-state index is 0.788. The Morgan fingerprint density at radius 3 is 2.00 bits per heavy atom. The standard InChI is InChI=1S/C5H12O11P2/c6-3-2(1-14-17(8,9)10)15-5(4(3)7)16-18(11,12)13/h2-7H,1H2,(H2,8,9,10)(H2,11,12,13)/t2-,3?,4-,5+/m1/s1. The molecule has 0 aromatic heterocycles. The average Bonchev–Trinajstić information content (AvgIpc) is 2.40. The molecule has 0 saturated carbocycles. The first kappa shape index (κ1) is 16.2. The monoisotopic (exact) mass is 310 g/mol. The lowest BCUT2D eigenvalue weighted by Crippen LogP contribution is -2.34. The van der Waals surface area contributed by atoms with Crippen LogP contribution in [0.25, 0.3) is 0 Å². The average molecular weight is 310 g/mol. The lowest BCUT2D eigenvalue weighted by Gasteiger charge is -2.15. The van der Waals surface area contributed by atoms with Gasteiger partial charge in [0.25, 0.3) is 0 Å². The molecular formula is C5H12O11P2. The van der Waals surface area contributed by atoms with Crippen LogP contribution in [0.15, 0.2) is 0 Å². The van der Waals surface area contributed by atoms with E-state index < -0.39 is 46.9 Å². The van der Waals surface area contributed by atoms with Crippen LogP contribution >= 0.6 is 15.6 Å². The highest BCUT2D eigenvalue weighted by Crippen LogP contribution is 2.42. The van der Waals surface area contributed by atoms with Crippen LogP contribution in [0.4, 0.5) is 0 Å². The molecule has 1 saturated heterocycles. The third-order valence-electron chi connectivity index (χ3n) is 1.97. The molecule has 6 N–H and O–H groups in total. The summed E-state index contributed by atoms with van der Waals surface area (Å²) in [6.45, 7) is -0.788. The lowest BCUT2D eigenvalue weighted by molar-refractivity contribution is -0.125. The van der Waals surface area contributed by atoms with E-state index in [1.54, 1.807) is 0 Å². The summed E-state index contributed by atoms with van der Waals surface area (Å²) in [5, 5.41) is 18.7. The van der Waals surface area contributed by atoms with Crippen molar-refractivity contribution < 1.29 is 52.7 Å². The summed E-state index contributed by atoms with van der Waals surface area (Å²) in [5.74, 6) is 0. The number of ether oxygens (including phenoxy) is 1. The third-order valence-corrected chi connectivity index (χ3v) is 2.93. The molecule has 1 aliphatic heterocycles. The van der Waals surface area contributed by atoms with E-state index in [2.05, 4.69) is 13.8 Å². The van der Waals surface area contributed by atoms with E-state index in [0.29, 0.717) is 0 Å². The zero-order valence-corrected chi connectivity index (χ0v) is 10.4. The zero-order chi connectivity index (χ0) is 14.1. The maximum atomic E-state index is 10.5. The fraction of sp³-hybridized carbons (Fsp3) is 1.00. The van der Waals surface area contributed by atoms with Gasteiger partial charge in [0, 0.05) is 0 Å². The molecule has 13 heteroatoms. The van der Waals surface area contributed by atoms with Crippen LogP contribution in [-0.2, 0) is 22.9 Å². The number of phosphoric acid groups is 2. The number of aliphatic hydroxyl groups excluding tert-OH is 2. The smallest absolute Gasteiger partial charge is 0.387 e. The van der Waals surface area contributed by atoms with E-state index in [4.69, 9.17) is 19.6 Å². The summed E-state index contributed by atoms with van der Waals surface area (Å²) < 4.78 is 33.6. The van der Waals surface area contributed by atoms with Crippen LogP contribution in [0.5, 0.6) is 0 Å². The largest absolute Gasteiger partial charge is 0.472 e. The van der Waals surface area contributed by atoms with Crippen LogP contribution in [0.1, 0.15) is 0 Å². The van der Waals surface area contributed by atoms with E-state index >= 15 is 0 Å². The maximum absolute atomic E-state index is 10.5. The number of hydrogen-bond donors (Lipinski definition) is 6. The third kappa shape index (κ3) is 5.00. The van der Waals surface area contributed by atoms with Gasteiger partial charge in [-0.15, -0.1) is 0 Å². The second-order valence-electron chi connectivity index (χ2n) is 3.41. The summed E-state index contributed by atoms with van der Waals surface area (Å²) >= 11 is 0. The molecule has 18 heavy (non-hydrogen) atoms. The summed E-state index contributed by atoms with van der Waals surface area (Å²) in [6, 6.07) is 0. The molecule has 1 rings (SSSR count). The van der Waals surface area contributed by atoms with Crippen LogP contribution in [-0.4, -0.2) is 61.0 Å². The molecule has 11 nitrogen and oxygen atoms in total. The molecule has 0 aromatic carbocycles. The molecule has 1 aliphatic rings. The van der Waals surface area contributed by atoms with Gasteiger partial charge in [0.2, 0.25) is 0 Å². The zero-order valence-electron chi connectivity index (χ0n) is 8.64. The minimum atomic E-state index is -4.95. The van der Waals surface area contributed by atoms with E-state index in [0.717, 1.165) is 0 Å². The van der Waals surface area contributed by atoms with Gasteiger partial charge >= 0.3 is 15.6 Å². The molecule has 1 heterocycles. The van der Waals surface area contributed by atoms with Gasteiger partial charge in [-0.2, -0.15) is 0 Å². The molecule has 0 bridgehead atoms. The fourth-order valence-electron chi connectivity index (χ4n) is 1.25. The highest BCUT2D eigenvalue weighted by atomic mass is 31.2. The molecular weight excluding hydrogens is 298 g/mol. The Bertz CT molecular complexity index is 372. The van der Waals surface area contributed by atoms with Gasteiger partial charge in [0.15, 0.2) is 6.29 Å². The SMILES string of the molecule is O=P(O)(O)OC[C@H]1O[C@@H](OP(=O)(O)O)[C@H](O)C1O. The van der Waals surface area contributed by atoms with E-state index in [1.807, 2.05) is 0 Å². The number of aliphatic hydroxyl groups is 2. The van der Waals surface area contributed by atoms with Gasteiger partial charge in [0.1, 0.15) is 18.3 Å². The first-order chi connectivity index (χ1) is 7.99. The maximum Gasteiger partial charge on any atom is 0.472 e. The molecule has 0 aromatic rings. The highest BCUT2D eigenvalue weighted by Gasteiger charge is 2.46. The van der Waals surface area contributed by atoms with Gasteiger partial charge in [-0.1, -0.05) is 0 Å². The first-order valence-electron chi connectivity index (χ1n) is 4.45. The highest BCUT2D eigenvalue weighted by molar-refractivity contribution is 7.46. The molecule has 0 radical (unpaired) electrons. The molecule has 108 valence electrons. The topological polar surface area (TPSA) is 183 Å². The van der Waals surface area contributed by atoms with Crippen molar-refractivity contribution >= 4 is 15.6 Å². The second-order valence-corrected chi connectivity index (χ2v) is 5.84. The Hall–Kier alpha value is 0.1000. The van der Waals surface area contributed by atoms with Gasteiger partial charge in [-0.05, 0) is 0 Å². The first-order valence-corrected chi connectivity index (χ1v) is 7.51. The number of rotatable bonds is 5.